The van der Waals surface area contributed by atoms with E-state index in [1.807, 2.05) is 6.07 Å². The zero-order valence-electron chi connectivity index (χ0n) is 14.9. The first-order valence-corrected chi connectivity index (χ1v) is 9.15. The second-order valence-corrected chi connectivity index (χ2v) is 6.91. The summed E-state index contributed by atoms with van der Waals surface area (Å²) >= 11 is 0. The highest BCUT2D eigenvalue weighted by atomic mass is 16.8. The van der Waals surface area contributed by atoms with Crippen LogP contribution in [0.2, 0.25) is 0 Å². The van der Waals surface area contributed by atoms with E-state index in [9.17, 15) is 4.79 Å². The van der Waals surface area contributed by atoms with Crippen LogP contribution in [0.25, 0.3) is 0 Å². The number of urea groups is 1. The van der Waals surface area contributed by atoms with Gasteiger partial charge in [0, 0.05) is 38.2 Å². The van der Waals surface area contributed by atoms with E-state index < -0.39 is 0 Å². The normalized spacial score (nSPS) is 23.0. The predicted octanol–water partition coefficient (Wildman–Crippen LogP) is 2.80. The molecular formula is C19H28N2O4. The van der Waals surface area contributed by atoms with Gasteiger partial charge in [0.15, 0.2) is 6.29 Å². The third kappa shape index (κ3) is 4.71. The lowest BCUT2D eigenvalue weighted by atomic mass is 9.72. The average Bonchev–Trinajstić information content (AvgIpc) is 2.67. The summed E-state index contributed by atoms with van der Waals surface area (Å²) in [5, 5.41) is 2.97. The van der Waals surface area contributed by atoms with E-state index in [2.05, 4.69) is 35.9 Å². The van der Waals surface area contributed by atoms with Crippen LogP contribution in [0.4, 0.5) is 4.79 Å². The first-order chi connectivity index (χ1) is 12.2. The third-order valence-electron chi connectivity index (χ3n) is 5.17. The molecule has 1 atom stereocenters. The van der Waals surface area contributed by atoms with Crippen molar-refractivity contribution in [3.8, 4) is 0 Å². The maximum Gasteiger partial charge on any atom is 0.338 e. The molecular weight excluding hydrogens is 320 g/mol. The number of benzene rings is 1. The fraction of sp³-hybridized carbons (Fsp3) is 0.632. The van der Waals surface area contributed by atoms with Gasteiger partial charge in [0.25, 0.3) is 0 Å². The maximum atomic E-state index is 12.2. The van der Waals surface area contributed by atoms with Crippen LogP contribution in [0, 0.1) is 6.92 Å². The molecule has 2 heterocycles. The highest BCUT2D eigenvalue weighted by molar-refractivity contribution is 5.72. The average molecular weight is 348 g/mol. The van der Waals surface area contributed by atoms with E-state index in [0.29, 0.717) is 26.4 Å². The minimum absolute atomic E-state index is 0.0950. The van der Waals surface area contributed by atoms with Crippen molar-refractivity contribution in [3.63, 3.8) is 0 Å². The Morgan fingerprint density at radius 2 is 2.04 bits per heavy atom. The van der Waals surface area contributed by atoms with Gasteiger partial charge in [0.05, 0.1) is 0 Å². The molecule has 2 aliphatic heterocycles. The van der Waals surface area contributed by atoms with Crippen molar-refractivity contribution in [2.75, 3.05) is 26.4 Å². The van der Waals surface area contributed by atoms with Gasteiger partial charge in [0.2, 0.25) is 0 Å². The molecule has 138 valence electrons. The summed E-state index contributed by atoms with van der Waals surface area (Å²) in [5.74, 6) is 0. The van der Waals surface area contributed by atoms with Gasteiger partial charge >= 0.3 is 6.03 Å². The minimum atomic E-state index is -0.340. The predicted molar refractivity (Wildman–Crippen MR) is 94.1 cm³/mol. The van der Waals surface area contributed by atoms with Crippen molar-refractivity contribution in [2.24, 2.45) is 0 Å². The van der Waals surface area contributed by atoms with Crippen molar-refractivity contribution in [3.05, 3.63) is 35.4 Å². The summed E-state index contributed by atoms with van der Waals surface area (Å²) in [6, 6.07) is 8.06. The molecule has 0 aliphatic carbocycles. The Hall–Kier alpha value is -1.63. The van der Waals surface area contributed by atoms with Crippen molar-refractivity contribution >= 4 is 6.03 Å². The number of hydroxylamine groups is 1. The van der Waals surface area contributed by atoms with E-state index in [4.69, 9.17) is 14.3 Å². The van der Waals surface area contributed by atoms with Crippen LogP contribution < -0.4 is 10.8 Å². The van der Waals surface area contributed by atoms with Crippen LogP contribution in [0.15, 0.2) is 24.3 Å². The summed E-state index contributed by atoms with van der Waals surface area (Å²) in [6.45, 7) is 4.79. The first kappa shape index (κ1) is 18.2. The van der Waals surface area contributed by atoms with Crippen LogP contribution >= 0.6 is 0 Å². The first-order valence-electron chi connectivity index (χ1n) is 9.15. The molecule has 2 aliphatic rings. The summed E-state index contributed by atoms with van der Waals surface area (Å²) in [5.41, 5.74) is 4.91. The quantitative estimate of drug-likeness (QED) is 0.803. The Kier molecular flexibility index (Phi) is 6.29. The molecule has 6 nitrogen and oxygen atoms in total. The second-order valence-electron chi connectivity index (χ2n) is 6.91. The number of carbonyl (C=O) groups excluding carboxylic acids is 1. The van der Waals surface area contributed by atoms with Crippen LogP contribution in [-0.2, 0) is 19.7 Å². The number of hydrogen-bond acceptors (Lipinski definition) is 4. The Balaban J connectivity index is 1.57. The Morgan fingerprint density at radius 3 is 2.76 bits per heavy atom. The Bertz CT molecular complexity index is 566. The molecule has 2 N–H and O–H groups in total. The van der Waals surface area contributed by atoms with Gasteiger partial charge in [-0.25, -0.2) is 15.1 Å². The highest BCUT2D eigenvalue weighted by Crippen LogP contribution is 2.36. The van der Waals surface area contributed by atoms with Crippen molar-refractivity contribution in [2.45, 2.75) is 50.7 Å². The standard InChI is InChI=1S/C19H28N2O4/c1-15-6-2-3-7-16(15)19(9-12-23-13-10-19)14-20-18(22)21-25-17-8-4-5-11-24-17/h2-3,6-7,17H,4-5,8-14H2,1H3,(H2,20,21,22). The highest BCUT2D eigenvalue weighted by Gasteiger charge is 2.35. The molecule has 2 saturated heterocycles. The van der Waals surface area contributed by atoms with Crippen molar-refractivity contribution < 1.29 is 19.1 Å². The minimum Gasteiger partial charge on any atom is -0.381 e. The van der Waals surface area contributed by atoms with Crippen LogP contribution in [0.3, 0.4) is 0 Å². The molecule has 0 spiro atoms. The van der Waals surface area contributed by atoms with Gasteiger partial charge in [-0.2, -0.15) is 0 Å². The van der Waals surface area contributed by atoms with Gasteiger partial charge in [0.1, 0.15) is 0 Å². The molecule has 0 radical (unpaired) electrons. The van der Waals surface area contributed by atoms with Gasteiger partial charge < -0.3 is 14.8 Å². The van der Waals surface area contributed by atoms with Crippen LogP contribution in [0.5, 0.6) is 0 Å². The zero-order chi connectivity index (χ0) is 17.5. The van der Waals surface area contributed by atoms with Crippen LogP contribution in [0.1, 0.15) is 43.2 Å². The molecule has 2 amide bonds. The largest absolute Gasteiger partial charge is 0.381 e. The number of ether oxygens (including phenoxy) is 2. The summed E-state index contributed by atoms with van der Waals surface area (Å²) < 4.78 is 11.0. The molecule has 0 saturated carbocycles. The number of nitrogens with one attached hydrogen (secondary N) is 2. The van der Waals surface area contributed by atoms with Gasteiger partial charge in [-0.3, -0.25) is 0 Å². The SMILES string of the molecule is Cc1ccccc1C1(CNC(=O)NOC2CCCCO2)CCOCC1. The zero-order valence-corrected chi connectivity index (χ0v) is 14.9. The van der Waals surface area contributed by atoms with Crippen LogP contribution in [-0.4, -0.2) is 38.7 Å². The lowest BCUT2D eigenvalue weighted by Gasteiger charge is -2.39. The van der Waals surface area contributed by atoms with Crippen molar-refractivity contribution in [1.29, 1.82) is 0 Å². The lowest BCUT2D eigenvalue weighted by molar-refractivity contribution is -0.186. The Labute approximate surface area is 149 Å². The van der Waals surface area contributed by atoms with E-state index in [-0.39, 0.29) is 17.7 Å². The number of aryl methyl sites for hydroxylation is 1. The summed E-state index contributed by atoms with van der Waals surface area (Å²) in [4.78, 5) is 17.5. The lowest BCUT2D eigenvalue weighted by Crippen LogP contribution is -2.48. The van der Waals surface area contributed by atoms with Gasteiger partial charge in [-0.05, 0) is 43.7 Å². The molecule has 25 heavy (non-hydrogen) atoms. The number of amides is 2. The molecule has 0 aromatic heterocycles. The third-order valence-corrected chi connectivity index (χ3v) is 5.17. The number of hydrogen-bond donors (Lipinski definition) is 2. The number of carbonyl (C=O) groups is 1. The molecule has 6 heteroatoms. The van der Waals surface area contributed by atoms with E-state index >= 15 is 0 Å². The fourth-order valence-corrected chi connectivity index (χ4v) is 3.68. The Morgan fingerprint density at radius 1 is 1.24 bits per heavy atom. The van der Waals surface area contributed by atoms with E-state index in [1.165, 1.54) is 11.1 Å². The monoisotopic (exact) mass is 348 g/mol. The van der Waals surface area contributed by atoms with Crippen molar-refractivity contribution in [1.82, 2.24) is 10.8 Å². The second kappa shape index (κ2) is 8.65. The molecule has 1 aromatic carbocycles. The van der Waals surface area contributed by atoms with E-state index in [0.717, 1.165) is 32.1 Å². The summed E-state index contributed by atoms with van der Waals surface area (Å²) in [6.07, 6.45) is 4.37. The molecule has 2 fully saturated rings. The fourth-order valence-electron chi connectivity index (χ4n) is 3.68. The molecule has 1 unspecified atom stereocenters. The van der Waals surface area contributed by atoms with Gasteiger partial charge in [-0.1, -0.05) is 24.3 Å². The van der Waals surface area contributed by atoms with E-state index in [1.54, 1.807) is 0 Å². The topological polar surface area (TPSA) is 68.8 Å². The molecule has 0 bridgehead atoms. The van der Waals surface area contributed by atoms with Gasteiger partial charge in [-0.15, -0.1) is 0 Å². The number of rotatable bonds is 5. The smallest absolute Gasteiger partial charge is 0.338 e. The maximum absolute atomic E-state index is 12.2. The molecule has 3 rings (SSSR count). The summed E-state index contributed by atoms with van der Waals surface area (Å²) in [7, 11) is 0. The molecule has 1 aromatic rings.